The molecule has 0 spiro atoms. The van der Waals surface area contributed by atoms with Gasteiger partial charge in [-0.3, -0.25) is 0 Å². The van der Waals surface area contributed by atoms with E-state index in [1.54, 1.807) is 18.4 Å². The molecule has 0 radical (unpaired) electrons. The number of nitrogens with two attached hydrogens (primary N) is 1. The van der Waals surface area contributed by atoms with Gasteiger partial charge in [-0.25, -0.2) is 9.97 Å². The lowest BCUT2D eigenvalue weighted by Crippen LogP contribution is -2.02. The van der Waals surface area contributed by atoms with Gasteiger partial charge in [0.2, 0.25) is 11.8 Å². The van der Waals surface area contributed by atoms with Crippen molar-refractivity contribution in [1.82, 2.24) is 19.6 Å². The minimum absolute atomic E-state index is 0.293. The maximum atomic E-state index is 5.98. The van der Waals surface area contributed by atoms with Gasteiger partial charge in [-0.2, -0.15) is 4.52 Å². The zero-order chi connectivity index (χ0) is 14.9. The van der Waals surface area contributed by atoms with Crippen molar-refractivity contribution in [3.63, 3.8) is 0 Å². The van der Waals surface area contributed by atoms with Crippen LogP contribution < -0.4 is 5.73 Å². The number of hydrogen-bond acceptors (Lipinski definition) is 6. The zero-order valence-electron chi connectivity index (χ0n) is 11.4. The highest BCUT2D eigenvalue weighted by Crippen LogP contribution is 2.28. The number of benzene rings is 1. The van der Waals surface area contributed by atoms with Crippen molar-refractivity contribution in [3.8, 4) is 11.6 Å². The summed E-state index contributed by atoms with van der Waals surface area (Å²) in [7, 11) is 0. The van der Waals surface area contributed by atoms with Crippen molar-refractivity contribution in [2.45, 2.75) is 9.92 Å². The van der Waals surface area contributed by atoms with Gasteiger partial charge in [0, 0.05) is 11.0 Å². The first-order chi connectivity index (χ1) is 10.8. The second kappa shape index (κ2) is 5.19. The molecule has 1 aromatic carbocycles. The molecule has 108 valence electrons. The fourth-order valence-electron chi connectivity index (χ4n) is 2.06. The van der Waals surface area contributed by atoms with E-state index in [2.05, 4.69) is 15.1 Å². The Morgan fingerprint density at radius 3 is 2.68 bits per heavy atom. The highest BCUT2D eigenvalue weighted by molar-refractivity contribution is 7.99. The molecule has 4 aromatic rings. The first kappa shape index (κ1) is 12.9. The summed E-state index contributed by atoms with van der Waals surface area (Å²) in [5.41, 5.74) is 6.62. The molecule has 0 fully saturated rings. The van der Waals surface area contributed by atoms with E-state index >= 15 is 0 Å². The molecule has 0 aliphatic carbocycles. The van der Waals surface area contributed by atoms with Crippen LogP contribution >= 0.6 is 11.8 Å². The smallest absolute Gasteiger partial charge is 0.224 e. The predicted octanol–water partition coefficient (Wildman–Crippen LogP) is 3.12. The summed E-state index contributed by atoms with van der Waals surface area (Å²) in [6.45, 7) is 0. The van der Waals surface area contributed by atoms with E-state index in [4.69, 9.17) is 10.2 Å². The molecule has 0 unspecified atom stereocenters. The maximum absolute atomic E-state index is 5.98. The molecule has 2 N–H and O–H groups in total. The molecule has 0 saturated carbocycles. The van der Waals surface area contributed by atoms with E-state index in [0.717, 1.165) is 9.92 Å². The lowest BCUT2D eigenvalue weighted by atomic mass is 10.4. The summed E-state index contributed by atoms with van der Waals surface area (Å²) in [5, 5.41) is 5.09. The van der Waals surface area contributed by atoms with Gasteiger partial charge in [0.1, 0.15) is 5.03 Å². The summed E-state index contributed by atoms with van der Waals surface area (Å²) >= 11 is 1.53. The second-order valence-electron chi connectivity index (χ2n) is 4.55. The van der Waals surface area contributed by atoms with Crippen LogP contribution in [0.2, 0.25) is 0 Å². The minimum Gasteiger partial charge on any atom is -0.461 e. The van der Waals surface area contributed by atoms with Crippen LogP contribution in [0.25, 0.3) is 17.2 Å². The Kier molecular flexibility index (Phi) is 3.05. The van der Waals surface area contributed by atoms with Crippen LogP contribution in [0.1, 0.15) is 0 Å². The molecule has 0 saturated heterocycles. The predicted molar refractivity (Wildman–Crippen MR) is 83.5 cm³/mol. The lowest BCUT2D eigenvalue weighted by Gasteiger charge is -2.02. The Labute approximate surface area is 130 Å². The normalized spacial score (nSPS) is 11.1. The summed E-state index contributed by atoms with van der Waals surface area (Å²) in [4.78, 5) is 9.89. The number of furan rings is 1. The highest BCUT2D eigenvalue weighted by atomic mass is 32.2. The number of nitrogen functional groups attached to an aromatic ring is 1. The van der Waals surface area contributed by atoms with Crippen molar-refractivity contribution < 1.29 is 4.42 Å². The van der Waals surface area contributed by atoms with Crippen LogP contribution in [0.15, 0.2) is 69.1 Å². The molecular weight excluding hydrogens is 298 g/mol. The van der Waals surface area contributed by atoms with Crippen molar-refractivity contribution in [2.75, 3.05) is 5.73 Å². The number of rotatable bonds is 3. The molecule has 0 atom stereocenters. The molecule has 0 aliphatic rings. The third-order valence-electron chi connectivity index (χ3n) is 3.03. The van der Waals surface area contributed by atoms with Crippen LogP contribution in [0, 0.1) is 0 Å². The number of hydrogen-bond donors (Lipinski definition) is 1. The molecule has 22 heavy (non-hydrogen) atoms. The molecular formula is C15H11N5OS. The van der Waals surface area contributed by atoms with Crippen molar-refractivity contribution in [3.05, 3.63) is 54.8 Å². The zero-order valence-corrected chi connectivity index (χ0v) is 12.2. The third-order valence-corrected chi connectivity index (χ3v) is 3.96. The average Bonchev–Trinajstić information content (AvgIpc) is 3.17. The van der Waals surface area contributed by atoms with Gasteiger partial charge in [-0.15, -0.1) is 5.10 Å². The van der Waals surface area contributed by atoms with E-state index in [-0.39, 0.29) is 0 Å². The van der Waals surface area contributed by atoms with Gasteiger partial charge < -0.3 is 10.2 Å². The Morgan fingerprint density at radius 2 is 1.91 bits per heavy atom. The fraction of sp³-hybridized carbons (Fsp3) is 0. The van der Waals surface area contributed by atoms with Crippen molar-refractivity contribution in [1.29, 1.82) is 0 Å². The summed E-state index contributed by atoms with van der Waals surface area (Å²) in [6, 6.07) is 15.4. The highest BCUT2D eigenvalue weighted by Gasteiger charge is 2.12. The monoisotopic (exact) mass is 309 g/mol. The molecule has 3 aromatic heterocycles. The van der Waals surface area contributed by atoms with E-state index in [9.17, 15) is 0 Å². The van der Waals surface area contributed by atoms with Crippen LogP contribution in [-0.4, -0.2) is 19.6 Å². The first-order valence-electron chi connectivity index (χ1n) is 6.60. The van der Waals surface area contributed by atoms with Gasteiger partial charge >= 0.3 is 0 Å². The number of nitrogens with zero attached hydrogens (tertiary/aromatic N) is 4. The Hall–Kier alpha value is -2.80. The van der Waals surface area contributed by atoms with Crippen LogP contribution in [0.4, 0.5) is 5.95 Å². The quantitative estimate of drug-likeness (QED) is 0.585. The van der Waals surface area contributed by atoms with E-state index in [1.807, 2.05) is 36.4 Å². The van der Waals surface area contributed by atoms with E-state index in [0.29, 0.717) is 23.2 Å². The third kappa shape index (κ3) is 2.31. The standard InChI is InChI=1S/C15H11N5OS/c16-15-18-13(22-10-5-2-1-3-6-10)9-12-17-14(19-20(12)15)11-7-4-8-21-11/h1-9H,(H2,16,18). The molecule has 0 bridgehead atoms. The van der Waals surface area contributed by atoms with Crippen molar-refractivity contribution in [2.24, 2.45) is 0 Å². The number of anilines is 1. The average molecular weight is 309 g/mol. The summed E-state index contributed by atoms with van der Waals surface area (Å²) < 4.78 is 6.82. The van der Waals surface area contributed by atoms with Gasteiger partial charge in [0.15, 0.2) is 11.4 Å². The first-order valence-corrected chi connectivity index (χ1v) is 7.41. The topological polar surface area (TPSA) is 82.2 Å². The summed E-state index contributed by atoms with van der Waals surface area (Å²) in [6.07, 6.45) is 1.58. The summed E-state index contributed by atoms with van der Waals surface area (Å²) in [5.74, 6) is 1.38. The Bertz CT molecular complexity index is 918. The largest absolute Gasteiger partial charge is 0.461 e. The van der Waals surface area contributed by atoms with Crippen LogP contribution in [0.5, 0.6) is 0 Å². The molecule has 4 rings (SSSR count). The van der Waals surface area contributed by atoms with E-state index < -0.39 is 0 Å². The maximum Gasteiger partial charge on any atom is 0.224 e. The molecule has 3 heterocycles. The number of aromatic nitrogens is 4. The van der Waals surface area contributed by atoms with Gasteiger partial charge in [-0.1, -0.05) is 30.0 Å². The van der Waals surface area contributed by atoms with Gasteiger partial charge in [-0.05, 0) is 24.3 Å². The molecule has 7 heteroatoms. The van der Waals surface area contributed by atoms with Crippen molar-refractivity contribution >= 4 is 23.4 Å². The fourth-order valence-corrected chi connectivity index (χ4v) is 2.90. The van der Waals surface area contributed by atoms with Gasteiger partial charge in [0.05, 0.1) is 6.26 Å². The van der Waals surface area contributed by atoms with E-state index in [1.165, 1.54) is 16.3 Å². The molecule has 0 amide bonds. The SMILES string of the molecule is Nc1nc(Sc2ccccc2)cc2nc(-c3ccco3)nn12. The second-order valence-corrected chi connectivity index (χ2v) is 5.64. The number of fused-ring (bicyclic) bond motifs is 1. The minimum atomic E-state index is 0.293. The van der Waals surface area contributed by atoms with Crippen LogP contribution in [0.3, 0.4) is 0 Å². The molecule has 0 aliphatic heterocycles. The Morgan fingerprint density at radius 1 is 1.05 bits per heavy atom. The van der Waals surface area contributed by atoms with Crippen LogP contribution in [-0.2, 0) is 0 Å². The van der Waals surface area contributed by atoms with Gasteiger partial charge in [0.25, 0.3) is 0 Å². The molecule has 6 nitrogen and oxygen atoms in total. The lowest BCUT2D eigenvalue weighted by molar-refractivity contribution is 0.577. The Balaban J connectivity index is 1.76.